The molecule has 1 aromatic heterocycles. The zero-order chi connectivity index (χ0) is 12.4. The van der Waals surface area contributed by atoms with E-state index in [0.29, 0.717) is 26.0 Å². The van der Waals surface area contributed by atoms with Crippen molar-refractivity contribution in [1.29, 1.82) is 0 Å². The van der Waals surface area contributed by atoms with Crippen molar-refractivity contribution in [2.75, 3.05) is 11.1 Å². The zero-order valence-corrected chi connectivity index (χ0v) is 12.4. The predicted molar refractivity (Wildman–Crippen MR) is 76.3 cm³/mol. The van der Waals surface area contributed by atoms with Crippen LogP contribution in [0.4, 0.5) is 11.4 Å². The Morgan fingerprint density at radius 1 is 1.35 bits per heavy atom. The van der Waals surface area contributed by atoms with Gasteiger partial charge in [0, 0.05) is 20.0 Å². The number of halogens is 2. The second-order valence-corrected chi connectivity index (χ2v) is 5.61. The first-order valence-electron chi connectivity index (χ1n) is 4.52. The van der Waals surface area contributed by atoms with Crippen LogP contribution in [0.5, 0.6) is 0 Å². The number of carbonyl (C=O) groups is 1. The molecule has 1 aromatic carbocycles. The van der Waals surface area contributed by atoms with Gasteiger partial charge < -0.3 is 11.1 Å². The quantitative estimate of drug-likeness (QED) is 0.788. The maximum absolute atomic E-state index is 11.8. The van der Waals surface area contributed by atoms with Crippen molar-refractivity contribution in [3.05, 3.63) is 37.7 Å². The van der Waals surface area contributed by atoms with E-state index in [0.717, 1.165) is 0 Å². The predicted octanol–water partition coefficient (Wildman–Crippen LogP) is 3.50. The number of benzene rings is 1. The lowest BCUT2D eigenvalue weighted by Gasteiger charge is -2.09. The van der Waals surface area contributed by atoms with Crippen molar-refractivity contribution in [2.24, 2.45) is 0 Å². The third-order valence-electron chi connectivity index (χ3n) is 1.97. The normalized spacial score (nSPS) is 10.2. The van der Waals surface area contributed by atoms with Gasteiger partial charge in [-0.05, 0) is 44.0 Å². The summed E-state index contributed by atoms with van der Waals surface area (Å²) in [5.74, 6) is -0.252. The van der Waals surface area contributed by atoms with Crippen LogP contribution in [0.2, 0.25) is 0 Å². The summed E-state index contributed by atoms with van der Waals surface area (Å²) in [6.07, 6.45) is 0. The molecule has 1 amide bonds. The first kappa shape index (κ1) is 12.5. The Bertz CT molecular complexity index is 534. The summed E-state index contributed by atoms with van der Waals surface area (Å²) in [4.78, 5) is 15.8. The average Bonchev–Trinajstić information content (AvgIpc) is 2.76. The van der Waals surface area contributed by atoms with Crippen LogP contribution in [0.3, 0.4) is 0 Å². The van der Waals surface area contributed by atoms with E-state index < -0.39 is 0 Å². The Kier molecular flexibility index (Phi) is 3.80. The van der Waals surface area contributed by atoms with Crippen molar-refractivity contribution in [3.8, 4) is 0 Å². The molecule has 0 unspecified atom stereocenters. The van der Waals surface area contributed by atoms with Gasteiger partial charge in [0.2, 0.25) is 0 Å². The lowest BCUT2D eigenvalue weighted by atomic mass is 10.3. The molecule has 1 heterocycles. The maximum Gasteiger partial charge on any atom is 0.275 e. The summed E-state index contributed by atoms with van der Waals surface area (Å²) < 4.78 is 1.43. The monoisotopic (exact) mass is 375 g/mol. The van der Waals surface area contributed by atoms with Crippen LogP contribution in [0.25, 0.3) is 0 Å². The molecule has 0 bridgehead atoms. The summed E-state index contributed by atoms with van der Waals surface area (Å²) in [6.45, 7) is 0. The van der Waals surface area contributed by atoms with Crippen molar-refractivity contribution < 1.29 is 4.79 Å². The highest BCUT2D eigenvalue weighted by atomic mass is 79.9. The van der Waals surface area contributed by atoms with E-state index in [1.165, 1.54) is 11.3 Å². The first-order valence-corrected chi connectivity index (χ1v) is 7.05. The van der Waals surface area contributed by atoms with Gasteiger partial charge in [0.05, 0.1) is 11.2 Å². The number of carbonyl (C=O) groups excluding carboxylic acids is 1. The number of amides is 1. The SMILES string of the molecule is Nc1cc(Br)c(NC(=O)c2cscn2)c(Br)c1. The molecule has 17 heavy (non-hydrogen) atoms. The molecule has 0 saturated heterocycles. The molecule has 0 aliphatic heterocycles. The number of nitrogens with zero attached hydrogens (tertiary/aromatic N) is 1. The minimum atomic E-state index is -0.252. The van der Waals surface area contributed by atoms with Crippen LogP contribution >= 0.6 is 43.2 Å². The van der Waals surface area contributed by atoms with Crippen LogP contribution in [0.15, 0.2) is 32.0 Å². The Balaban J connectivity index is 2.28. The van der Waals surface area contributed by atoms with Crippen LogP contribution in [0, 0.1) is 0 Å². The average molecular weight is 377 g/mol. The largest absolute Gasteiger partial charge is 0.399 e. The summed E-state index contributed by atoms with van der Waals surface area (Å²) in [6, 6.07) is 3.45. The number of hydrogen-bond donors (Lipinski definition) is 2. The molecule has 4 nitrogen and oxygen atoms in total. The lowest BCUT2D eigenvalue weighted by molar-refractivity contribution is 0.102. The summed E-state index contributed by atoms with van der Waals surface area (Å²) in [7, 11) is 0. The minimum Gasteiger partial charge on any atom is -0.399 e. The molecule has 7 heteroatoms. The van der Waals surface area contributed by atoms with Crippen molar-refractivity contribution in [3.63, 3.8) is 0 Å². The van der Waals surface area contributed by atoms with Gasteiger partial charge in [0.15, 0.2) is 0 Å². The molecule has 2 rings (SSSR count). The van der Waals surface area contributed by atoms with Gasteiger partial charge >= 0.3 is 0 Å². The van der Waals surface area contributed by atoms with Gasteiger partial charge in [-0.3, -0.25) is 4.79 Å². The smallest absolute Gasteiger partial charge is 0.275 e. The fourth-order valence-corrected chi connectivity index (χ4v) is 3.17. The number of anilines is 2. The van der Waals surface area contributed by atoms with E-state index in [9.17, 15) is 4.79 Å². The number of nitrogen functional groups attached to an aromatic ring is 1. The van der Waals surface area contributed by atoms with Crippen molar-refractivity contribution >= 4 is 60.5 Å². The van der Waals surface area contributed by atoms with Crippen LogP contribution < -0.4 is 11.1 Å². The molecule has 88 valence electrons. The Hall–Kier alpha value is -0.920. The van der Waals surface area contributed by atoms with E-state index in [-0.39, 0.29) is 5.91 Å². The fourth-order valence-electron chi connectivity index (χ4n) is 1.21. The van der Waals surface area contributed by atoms with E-state index in [1.54, 1.807) is 23.0 Å². The molecule has 0 aliphatic rings. The number of aromatic nitrogens is 1. The molecule has 0 atom stereocenters. The third-order valence-corrected chi connectivity index (χ3v) is 3.81. The highest BCUT2D eigenvalue weighted by Crippen LogP contribution is 2.33. The summed E-state index contributed by atoms with van der Waals surface area (Å²) in [5, 5.41) is 4.45. The van der Waals surface area contributed by atoms with E-state index in [4.69, 9.17) is 5.73 Å². The molecular formula is C10H7Br2N3OS. The highest BCUT2D eigenvalue weighted by Gasteiger charge is 2.13. The number of nitrogens with two attached hydrogens (primary N) is 1. The van der Waals surface area contributed by atoms with Gasteiger partial charge in [0.1, 0.15) is 5.69 Å². The van der Waals surface area contributed by atoms with Gasteiger partial charge in [-0.2, -0.15) is 0 Å². The third kappa shape index (κ3) is 2.85. The zero-order valence-electron chi connectivity index (χ0n) is 8.41. The number of hydrogen-bond acceptors (Lipinski definition) is 4. The van der Waals surface area contributed by atoms with E-state index in [2.05, 4.69) is 42.2 Å². The van der Waals surface area contributed by atoms with E-state index in [1.807, 2.05) is 0 Å². The van der Waals surface area contributed by atoms with Crippen LogP contribution in [0.1, 0.15) is 10.5 Å². The molecule has 0 radical (unpaired) electrons. The lowest BCUT2D eigenvalue weighted by Crippen LogP contribution is -2.13. The molecule has 0 spiro atoms. The van der Waals surface area contributed by atoms with Gasteiger partial charge in [0.25, 0.3) is 5.91 Å². The molecule has 0 fully saturated rings. The Labute approximate surface area is 118 Å². The minimum absolute atomic E-state index is 0.252. The van der Waals surface area contributed by atoms with Crippen molar-refractivity contribution in [1.82, 2.24) is 4.98 Å². The van der Waals surface area contributed by atoms with Gasteiger partial charge in [-0.25, -0.2) is 4.98 Å². The second kappa shape index (κ2) is 5.16. The molecule has 2 aromatic rings. The number of rotatable bonds is 2. The summed E-state index contributed by atoms with van der Waals surface area (Å²) >= 11 is 8.07. The molecule has 0 aliphatic carbocycles. The number of nitrogens with one attached hydrogen (secondary N) is 1. The molecule has 0 saturated carbocycles. The highest BCUT2D eigenvalue weighted by molar-refractivity contribution is 9.11. The topological polar surface area (TPSA) is 68.0 Å². The summed E-state index contributed by atoms with van der Waals surface area (Å²) in [5.41, 5.74) is 8.92. The number of thiazole rings is 1. The fraction of sp³-hybridized carbons (Fsp3) is 0. The van der Waals surface area contributed by atoms with Crippen molar-refractivity contribution in [2.45, 2.75) is 0 Å². The Morgan fingerprint density at radius 3 is 2.53 bits per heavy atom. The van der Waals surface area contributed by atoms with Crippen LogP contribution in [-0.4, -0.2) is 10.9 Å². The maximum atomic E-state index is 11.8. The van der Waals surface area contributed by atoms with E-state index >= 15 is 0 Å². The first-order chi connectivity index (χ1) is 8.08. The molecular weight excluding hydrogens is 370 g/mol. The van der Waals surface area contributed by atoms with Crippen LogP contribution in [-0.2, 0) is 0 Å². The second-order valence-electron chi connectivity index (χ2n) is 3.19. The molecule has 3 N–H and O–H groups in total. The Morgan fingerprint density at radius 2 is 2.00 bits per heavy atom. The van der Waals surface area contributed by atoms with Gasteiger partial charge in [-0.15, -0.1) is 11.3 Å². The standard InChI is InChI=1S/C10H7Br2N3OS/c11-6-1-5(13)2-7(12)9(6)15-10(16)8-3-17-4-14-8/h1-4H,13H2,(H,15,16). The van der Waals surface area contributed by atoms with Gasteiger partial charge in [-0.1, -0.05) is 0 Å².